The standard InChI is InChI=1S/C21H28N2O7S/c1-14(15-7-9-19(29-4)20(11-15)30-5)22-21(24)13-23(31(6,25)26)17-12-16(27-2)8-10-18(17)28-3/h7-12,14H,13H2,1-6H3,(H,22,24)/t14-/m0/s1. The highest BCUT2D eigenvalue weighted by Crippen LogP contribution is 2.34. The molecule has 1 amide bonds. The summed E-state index contributed by atoms with van der Waals surface area (Å²) in [6.07, 6.45) is 1.02. The second kappa shape index (κ2) is 10.3. The van der Waals surface area contributed by atoms with Gasteiger partial charge in [-0.3, -0.25) is 9.10 Å². The Morgan fingerprint density at radius 3 is 2.10 bits per heavy atom. The number of sulfonamides is 1. The molecule has 2 aromatic rings. The van der Waals surface area contributed by atoms with Gasteiger partial charge in [0, 0.05) is 6.07 Å². The van der Waals surface area contributed by atoms with Crippen LogP contribution in [0.2, 0.25) is 0 Å². The predicted molar refractivity (Wildman–Crippen MR) is 118 cm³/mol. The average Bonchev–Trinajstić information content (AvgIpc) is 2.75. The summed E-state index contributed by atoms with van der Waals surface area (Å²) in [6.45, 7) is 1.36. The van der Waals surface area contributed by atoms with Crippen molar-refractivity contribution in [3.05, 3.63) is 42.0 Å². The number of rotatable bonds is 10. The predicted octanol–water partition coefficient (Wildman–Crippen LogP) is 2.36. The largest absolute Gasteiger partial charge is 0.497 e. The number of nitrogens with one attached hydrogen (secondary N) is 1. The molecule has 0 spiro atoms. The Bertz CT molecular complexity index is 1020. The second-order valence-corrected chi connectivity index (χ2v) is 8.62. The van der Waals surface area contributed by atoms with Crippen LogP contribution in [-0.4, -0.2) is 55.6 Å². The summed E-state index contributed by atoms with van der Waals surface area (Å²) in [5, 5.41) is 2.81. The molecule has 31 heavy (non-hydrogen) atoms. The summed E-state index contributed by atoms with van der Waals surface area (Å²) in [4.78, 5) is 12.7. The average molecular weight is 453 g/mol. The van der Waals surface area contributed by atoms with Crippen LogP contribution in [0.5, 0.6) is 23.0 Å². The van der Waals surface area contributed by atoms with Crippen molar-refractivity contribution in [2.75, 3.05) is 45.5 Å². The first-order chi connectivity index (χ1) is 14.6. The van der Waals surface area contributed by atoms with Gasteiger partial charge in [-0.15, -0.1) is 0 Å². The van der Waals surface area contributed by atoms with Crippen LogP contribution in [-0.2, 0) is 14.8 Å². The third kappa shape index (κ3) is 5.94. The van der Waals surface area contributed by atoms with E-state index in [0.29, 0.717) is 23.0 Å². The fourth-order valence-corrected chi connectivity index (χ4v) is 3.85. The van der Waals surface area contributed by atoms with E-state index in [-0.39, 0.29) is 5.69 Å². The van der Waals surface area contributed by atoms with Crippen molar-refractivity contribution in [2.24, 2.45) is 0 Å². The number of hydrogen-bond acceptors (Lipinski definition) is 7. The molecule has 0 aliphatic carbocycles. The number of carbonyl (C=O) groups excluding carboxylic acids is 1. The third-order valence-electron chi connectivity index (χ3n) is 4.63. The maximum Gasteiger partial charge on any atom is 0.241 e. The Morgan fingerprint density at radius 2 is 1.55 bits per heavy atom. The Kier molecular flexibility index (Phi) is 7.98. The number of carbonyl (C=O) groups is 1. The number of ether oxygens (including phenoxy) is 4. The molecule has 0 unspecified atom stereocenters. The molecule has 2 rings (SSSR count). The Morgan fingerprint density at radius 1 is 0.935 bits per heavy atom. The molecule has 0 bridgehead atoms. The molecular weight excluding hydrogens is 424 g/mol. The van der Waals surface area contributed by atoms with Crippen LogP contribution in [0.1, 0.15) is 18.5 Å². The molecule has 0 aliphatic rings. The van der Waals surface area contributed by atoms with Crippen molar-refractivity contribution in [1.29, 1.82) is 0 Å². The molecule has 9 nitrogen and oxygen atoms in total. The highest BCUT2D eigenvalue weighted by Gasteiger charge is 2.25. The van der Waals surface area contributed by atoms with Crippen molar-refractivity contribution in [1.82, 2.24) is 5.32 Å². The first-order valence-electron chi connectivity index (χ1n) is 9.35. The van der Waals surface area contributed by atoms with Gasteiger partial charge in [0.1, 0.15) is 18.0 Å². The van der Waals surface area contributed by atoms with Gasteiger partial charge >= 0.3 is 0 Å². The van der Waals surface area contributed by atoms with E-state index >= 15 is 0 Å². The molecule has 170 valence electrons. The summed E-state index contributed by atoms with van der Waals surface area (Å²) in [5.41, 5.74) is 0.981. The van der Waals surface area contributed by atoms with Crippen molar-refractivity contribution in [3.8, 4) is 23.0 Å². The number of anilines is 1. The maximum atomic E-state index is 12.7. The zero-order chi connectivity index (χ0) is 23.2. The molecule has 0 fully saturated rings. The lowest BCUT2D eigenvalue weighted by Crippen LogP contribution is -2.41. The van der Waals surface area contributed by atoms with E-state index < -0.39 is 28.5 Å². The zero-order valence-electron chi connectivity index (χ0n) is 18.5. The van der Waals surface area contributed by atoms with Crippen LogP contribution >= 0.6 is 0 Å². The van der Waals surface area contributed by atoms with Gasteiger partial charge in [-0.05, 0) is 36.8 Å². The first kappa shape index (κ1) is 24.1. The molecule has 10 heteroatoms. The lowest BCUT2D eigenvalue weighted by atomic mass is 10.1. The number of hydrogen-bond donors (Lipinski definition) is 1. The summed E-state index contributed by atoms with van der Waals surface area (Å²) in [6, 6.07) is 9.61. The molecule has 0 saturated carbocycles. The van der Waals surface area contributed by atoms with E-state index in [0.717, 1.165) is 16.1 Å². The fraction of sp³-hybridized carbons (Fsp3) is 0.381. The minimum absolute atomic E-state index is 0.207. The summed E-state index contributed by atoms with van der Waals surface area (Å²) < 4.78 is 46.9. The fourth-order valence-electron chi connectivity index (χ4n) is 3.00. The van der Waals surface area contributed by atoms with Gasteiger partial charge in [-0.1, -0.05) is 6.07 Å². The molecule has 0 aliphatic heterocycles. The van der Waals surface area contributed by atoms with Crippen molar-refractivity contribution in [3.63, 3.8) is 0 Å². The van der Waals surface area contributed by atoms with Crippen LogP contribution < -0.4 is 28.6 Å². The van der Waals surface area contributed by atoms with E-state index in [1.165, 1.54) is 34.5 Å². The minimum Gasteiger partial charge on any atom is -0.497 e. The number of benzene rings is 2. The molecule has 1 N–H and O–H groups in total. The van der Waals surface area contributed by atoms with E-state index in [1.54, 1.807) is 37.3 Å². The van der Waals surface area contributed by atoms with Gasteiger partial charge < -0.3 is 24.3 Å². The van der Waals surface area contributed by atoms with Crippen molar-refractivity contribution < 1.29 is 32.2 Å². The van der Waals surface area contributed by atoms with Crippen molar-refractivity contribution in [2.45, 2.75) is 13.0 Å². The first-order valence-corrected chi connectivity index (χ1v) is 11.2. The van der Waals surface area contributed by atoms with Crippen LogP contribution in [0, 0.1) is 0 Å². The van der Waals surface area contributed by atoms with Gasteiger partial charge in [0.25, 0.3) is 0 Å². The van der Waals surface area contributed by atoms with Crippen LogP contribution in [0.4, 0.5) is 5.69 Å². The molecule has 2 aromatic carbocycles. The Balaban J connectivity index is 2.27. The number of nitrogens with zero attached hydrogens (tertiary/aromatic N) is 1. The SMILES string of the molecule is COc1ccc(OC)c(N(CC(=O)N[C@@H](C)c2ccc(OC)c(OC)c2)S(C)(=O)=O)c1. The summed E-state index contributed by atoms with van der Waals surface area (Å²) in [7, 11) is 2.16. The smallest absolute Gasteiger partial charge is 0.241 e. The molecule has 0 heterocycles. The van der Waals surface area contributed by atoms with E-state index in [2.05, 4.69) is 5.32 Å². The zero-order valence-corrected chi connectivity index (χ0v) is 19.3. The second-order valence-electron chi connectivity index (χ2n) is 6.71. The quantitative estimate of drug-likeness (QED) is 0.590. The highest BCUT2D eigenvalue weighted by molar-refractivity contribution is 7.92. The Hall–Kier alpha value is -3.14. The topological polar surface area (TPSA) is 103 Å². The van der Waals surface area contributed by atoms with Gasteiger partial charge in [-0.2, -0.15) is 0 Å². The molecule has 0 radical (unpaired) electrons. The van der Waals surface area contributed by atoms with Crippen LogP contribution in [0.3, 0.4) is 0 Å². The van der Waals surface area contributed by atoms with Gasteiger partial charge in [0.15, 0.2) is 11.5 Å². The number of methoxy groups -OCH3 is 4. The Labute approximate surface area is 182 Å². The lowest BCUT2D eigenvalue weighted by Gasteiger charge is -2.25. The summed E-state index contributed by atoms with van der Waals surface area (Å²) >= 11 is 0. The summed E-state index contributed by atoms with van der Waals surface area (Å²) in [5.74, 6) is 1.34. The molecule has 0 aromatic heterocycles. The van der Waals surface area contributed by atoms with Crippen molar-refractivity contribution >= 4 is 21.6 Å². The minimum atomic E-state index is -3.79. The number of amides is 1. The highest BCUT2D eigenvalue weighted by atomic mass is 32.2. The van der Waals surface area contributed by atoms with Gasteiger partial charge in [0.05, 0.1) is 46.4 Å². The third-order valence-corrected chi connectivity index (χ3v) is 5.75. The molecule has 0 saturated heterocycles. The van der Waals surface area contributed by atoms with Crippen LogP contribution in [0.25, 0.3) is 0 Å². The van der Waals surface area contributed by atoms with Gasteiger partial charge in [0.2, 0.25) is 15.9 Å². The molecule has 1 atom stereocenters. The van der Waals surface area contributed by atoms with Crippen LogP contribution in [0.15, 0.2) is 36.4 Å². The van der Waals surface area contributed by atoms with E-state index in [9.17, 15) is 13.2 Å². The normalized spacial score (nSPS) is 11.9. The molecular formula is C21H28N2O7S. The monoisotopic (exact) mass is 452 g/mol. The van der Waals surface area contributed by atoms with E-state index in [4.69, 9.17) is 18.9 Å². The van der Waals surface area contributed by atoms with Gasteiger partial charge in [-0.25, -0.2) is 8.42 Å². The maximum absolute atomic E-state index is 12.7. The lowest BCUT2D eigenvalue weighted by molar-refractivity contribution is -0.120. The van der Waals surface area contributed by atoms with E-state index in [1.807, 2.05) is 0 Å².